The molecule has 2 aliphatic heterocycles. The van der Waals surface area contributed by atoms with Crippen molar-refractivity contribution in [1.29, 1.82) is 0 Å². The molecule has 112 valence electrons. The third-order valence-electron chi connectivity index (χ3n) is 3.85. The fraction of sp³-hybridized carbons (Fsp3) is 0.467. The number of benzene rings is 1. The predicted molar refractivity (Wildman–Crippen MR) is 70.9 cm³/mol. The van der Waals surface area contributed by atoms with E-state index in [1.54, 1.807) is 12.1 Å². The van der Waals surface area contributed by atoms with Gasteiger partial charge in [-0.15, -0.1) is 0 Å². The number of hydrogen-bond donors (Lipinski definition) is 0. The number of rotatable bonds is 3. The molecule has 2 saturated heterocycles. The summed E-state index contributed by atoms with van der Waals surface area (Å²) in [5.74, 6) is 0.0666. The molecule has 0 bridgehead atoms. The molecule has 6 nitrogen and oxygen atoms in total. The average Bonchev–Trinajstić information content (AvgIpc) is 3.02. The van der Waals surface area contributed by atoms with Crippen LogP contribution < -0.4 is 9.47 Å². The molecular formula is C15H16O6. The van der Waals surface area contributed by atoms with Gasteiger partial charge in [-0.2, -0.15) is 0 Å². The molecular weight excluding hydrogens is 276 g/mol. The van der Waals surface area contributed by atoms with Crippen molar-refractivity contribution in [2.45, 2.75) is 13.0 Å². The summed E-state index contributed by atoms with van der Waals surface area (Å²) in [5, 5.41) is 0. The second-order valence-corrected chi connectivity index (χ2v) is 5.16. The van der Waals surface area contributed by atoms with Crippen LogP contribution >= 0.6 is 0 Å². The third-order valence-corrected chi connectivity index (χ3v) is 3.85. The molecule has 0 saturated carbocycles. The van der Waals surface area contributed by atoms with E-state index in [9.17, 15) is 9.59 Å². The summed E-state index contributed by atoms with van der Waals surface area (Å²) in [6.07, 6.45) is -0.207. The lowest BCUT2D eigenvalue weighted by atomic mass is 9.90. The fourth-order valence-corrected chi connectivity index (χ4v) is 2.84. The van der Waals surface area contributed by atoms with Crippen molar-refractivity contribution in [2.75, 3.05) is 20.3 Å². The highest BCUT2D eigenvalue weighted by atomic mass is 16.6. The number of carbonyl (C=O) groups is 2. The molecule has 1 aromatic carbocycles. The van der Waals surface area contributed by atoms with Crippen LogP contribution in [0.3, 0.4) is 0 Å². The van der Waals surface area contributed by atoms with Gasteiger partial charge >= 0.3 is 11.9 Å². The first-order valence-electron chi connectivity index (χ1n) is 6.74. The highest BCUT2D eigenvalue weighted by Gasteiger charge is 2.48. The van der Waals surface area contributed by atoms with E-state index in [4.69, 9.17) is 18.9 Å². The Hall–Kier alpha value is -2.08. The molecule has 3 unspecified atom stereocenters. The predicted octanol–water partition coefficient (Wildman–Crippen LogP) is 1.48. The molecule has 6 heteroatoms. The molecule has 2 aliphatic rings. The largest absolute Gasteiger partial charge is 0.493 e. The van der Waals surface area contributed by atoms with Crippen LogP contribution in [0, 0.1) is 11.8 Å². The Balaban J connectivity index is 1.86. The third kappa shape index (κ3) is 2.47. The summed E-state index contributed by atoms with van der Waals surface area (Å²) < 4.78 is 21.1. The lowest BCUT2D eigenvalue weighted by molar-refractivity contribution is -0.142. The van der Waals surface area contributed by atoms with E-state index in [1.165, 1.54) is 14.0 Å². The Morgan fingerprint density at radius 1 is 1.29 bits per heavy atom. The Morgan fingerprint density at radius 2 is 2.10 bits per heavy atom. The highest BCUT2D eigenvalue weighted by Crippen LogP contribution is 2.44. The van der Waals surface area contributed by atoms with Crippen LogP contribution in [0.25, 0.3) is 0 Å². The van der Waals surface area contributed by atoms with Crippen molar-refractivity contribution in [1.82, 2.24) is 0 Å². The number of ether oxygens (including phenoxy) is 4. The first kappa shape index (κ1) is 13.9. The van der Waals surface area contributed by atoms with E-state index in [0.717, 1.165) is 5.56 Å². The minimum Gasteiger partial charge on any atom is -0.493 e. The molecule has 3 rings (SSSR count). The van der Waals surface area contributed by atoms with Crippen LogP contribution in [0.2, 0.25) is 0 Å². The second kappa shape index (κ2) is 5.37. The molecule has 1 aromatic rings. The van der Waals surface area contributed by atoms with Gasteiger partial charge in [0.1, 0.15) is 0 Å². The van der Waals surface area contributed by atoms with E-state index < -0.39 is 5.97 Å². The average molecular weight is 292 g/mol. The monoisotopic (exact) mass is 292 g/mol. The van der Waals surface area contributed by atoms with Crippen molar-refractivity contribution < 1.29 is 28.5 Å². The standard InChI is InChI=1S/C15H16O6/c1-8(16)21-12-4-3-9(5-13(12)18-2)14-10-6-20-15(17)11(10)7-19-14/h3-5,10-11,14H,6-7H2,1-2H3. The number of fused-ring (bicyclic) bond motifs is 1. The topological polar surface area (TPSA) is 71.1 Å². The van der Waals surface area contributed by atoms with Crippen molar-refractivity contribution >= 4 is 11.9 Å². The first-order chi connectivity index (χ1) is 10.1. The molecule has 0 aromatic heterocycles. The Labute approximate surface area is 121 Å². The maximum atomic E-state index is 11.5. The summed E-state index contributed by atoms with van der Waals surface area (Å²) in [5.41, 5.74) is 0.883. The molecule has 21 heavy (non-hydrogen) atoms. The van der Waals surface area contributed by atoms with Gasteiger partial charge in [0, 0.05) is 12.8 Å². The van der Waals surface area contributed by atoms with Gasteiger partial charge in [-0.25, -0.2) is 0 Å². The van der Waals surface area contributed by atoms with Crippen LogP contribution in [0.1, 0.15) is 18.6 Å². The summed E-state index contributed by atoms with van der Waals surface area (Å²) >= 11 is 0. The Bertz CT molecular complexity index is 582. The molecule has 0 aliphatic carbocycles. The Kier molecular flexibility index (Phi) is 3.55. The van der Waals surface area contributed by atoms with Gasteiger partial charge in [-0.05, 0) is 17.7 Å². The van der Waals surface area contributed by atoms with Gasteiger partial charge in [0.25, 0.3) is 0 Å². The zero-order valence-corrected chi connectivity index (χ0v) is 11.8. The molecule has 0 radical (unpaired) electrons. The number of methoxy groups -OCH3 is 1. The minimum absolute atomic E-state index is 0.0294. The zero-order valence-electron chi connectivity index (χ0n) is 11.8. The van der Waals surface area contributed by atoms with Crippen LogP contribution in [0.5, 0.6) is 11.5 Å². The summed E-state index contributed by atoms with van der Waals surface area (Å²) in [6.45, 7) is 2.09. The quantitative estimate of drug-likeness (QED) is 0.621. The number of cyclic esters (lactones) is 1. The second-order valence-electron chi connectivity index (χ2n) is 5.16. The normalized spacial score (nSPS) is 27.1. The molecule has 3 atom stereocenters. The Morgan fingerprint density at radius 3 is 2.81 bits per heavy atom. The van der Waals surface area contributed by atoms with Crippen LogP contribution in [0.15, 0.2) is 18.2 Å². The molecule has 2 fully saturated rings. The van der Waals surface area contributed by atoms with Crippen molar-refractivity contribution in [3.8, 4) is 11.5 Å². The minimum atomic E-state index is -0.409. The fourth-order valence-electron chi connectivity index (χ4n) is 2.84. The van der Waals surface area contributed by atoms with Crippen LogP contribution in [-0.2, 0) is 19.1 Å². The van der Waals surface area contributed by atoms with Crippen molar-refractivity contribution in [2.24, 2.45) is 11.8 Å². The van der Waals surface area contributed by atoms with Crippen molar-refractivity contribution in [3.05, 3.63) is 23.8 Å². The number of esters is 2. The van der Waals surface area contributed by atoms with E-state index in [1.807, 2.05) is 6.07 Å². The van der Waals surface area contributed by atoms with E-state index in [0.29, 0.717) is 24.7 Å². The van der Waals surface area contributed by atoms with E-state index in [2.05, 4.69) is 0 Å². The lowest BCUT2D eigenvalue weighted by Gasteiger charge is -2.17. The van der Waals surface area contributed by atoms with E-state index in [-0.39, 0.29) is 23.9 Å². The van der Waals surface area contributed by atoms with Gasteiger partial charge in [0.2, 0.25) is 0 Å². The highest BCUT2D eigenvalue weighted by molar-refractivity contribution is 5.75. The maximum absolute atomic E-state index is 11.5. The first-order valence-corrected chi connectivity index (χ1v) is 6.74. The maximum Gasteiger partial charge on any atom is 0.311 e. The van der Waals surface area contributed by atoms with Crippen LogP contribution in [-0.4, -0.2) is 32.3 Å². The molecule has 0 spiro atoms. The smallest absolute Gasteiger partial charge is 0.311 e. The van der Waals surface area contributed by atoms with Gasteiger partial charge < -0.3 is 18.9 Å². The molecule has 0 N–H and O–H groups in total. The number of hydrogen-bond acceptors (Lipinski definition) is 6. The zero-order chi connectivity index (χ0) is 15.0. The molecule has 0 amide bonds. The van der Waals surface area contributed by atoms with E-state index >= 15 is 0 Å². The summed E-state index contributed by atoms with van der Waals surface area (Å²) in [4.78, 5) is 22.6. The SMILES string of the molecule is COc1cc(C2OCC3C(=O)OCC32)ccc1OC(C)=O. The molecule has 2 heterocycles. The van der Waals surface area contributed by atoms with Gasteiger partial charge in [0.15, 0.2) is 11.5 Å². The van der Waals surface area contributed by atoms with Gasteiger partial charge in [-0.3, -0.25) is 9.59 Å². The van der Waals surface area contributed by atoms with Gasteiger partial charge in [0.05, 0.1) is 32.3 Å². The van der Waals surface area contributed by atoms with Crippen molar-refractivity contribution in [3.63, 3.8) is 0 Å². The van der Waals surface area contributed by atoms with Crippen LogP contribution in [0.4, 0.5) is 0 Å². The lowest BCUT2D eigenvalue weighted by Crippen LogP contribution is -2.15. The summed E-state index contributed by atoms with van der Waals surface area (Å²) in [6, 6.07) is 5.26. The summed E-state index contributed by atoms with van der Waals surface area (Å²) in [7, 11) is 1.51. The van der Waals surface area contributed by atoms with Gasteiger partial charge in [-0.1, -0.05) is 6.07 Å². The number of carbonyl (C=O) groups excluding carboxylic acids is 2.